The number of aromatic nitrogens is 3. The summed E-state index contributed by atoms with van der Waals surface area (Å²) in [6.45, 7) is 2.06. The molecule has 0 aromatic carbocycles. The van der Waals surface area contributed by atoms with Gasteiger partial charge in [-0.3, -0.25) is 0 Å². The molecule has 2 N–H and O–H groups in total. The van der Waals surface area contributed by atoms with Gasteiger partial charge in [0.05, 0.1) is 6.26 Å². The van der Waals surface area contributed by atoms with Gasteiger partial charge in [-0.05, 0) is 37.1 Å². The lowest BCUT2D eigenvalue weighted by molar-refractivity contribution is 0.494. The van der Waals surface area contributed by atoms with Gasteiger partial charge in [-0.25, -0.2) is 0 Å². The average molecular weight is 282 g/mol. The van der Waals surface area contributed by atoms with Crippen molar-refractivity contribution in [2.75, 3.05) is 17.7 Å². The number of nitrogens with one attached hydrogen (secondary N) is 2. The number of nitrogens with zero attached hydrogens (tertiary/aromatic N) is 3. The van der Waals surface area contributed by atoms with E-state index in [1.54, 1.807) is 13.3 Å². The summed E-state index contributed by atoms with van der Waals surface area (Å²) < 4.78 is 5.29. The third-order valence-corrected chi connectivity index (χ3v) is 2.78. The Labute approximate surface area is 116 Å². The van der Waals surface area contributed by atoms with Gasteiger partial charge in [-0.15, -0.1) is 0 Å². The van der Waals surface area contributed by atoms with E-state index < -0.39 is 0 Å². The lowest BCUT2D eigenvalue weighted by atomic mass is 10.1. The predicted octanol–water partition coefficient (Wildman–Crippen LogP) is 2.59. The first-order valence-electron chi connectivity index (χ1n) is 6.05. The van der Waals surface area contributed by atoms with Gasteiger partial charge in [0.15, 0.2) is 0 Å². The average Bonchev–Trinajstić information content (AvgIpc) is 2.88. The van der Waals surface area contributed by atoms with Crippen molar-refractivity contribution in [3.63, 3.8) is 0 Å². The summed E-state index contributed by atoms with van der Waals surface area (Å²) in [4.78, 5) is 12.1. The van der Waals surface area contributed by atoms with Crippen molar-refractivity contribution < 1.29 is 4.42 Å². The molecule has 2 rings (SSSR count). The van der Waals surface area contributed by atoms with Crippen LogP contribution in [-0.2, 0) is 6.42 Å². The number of anilines is 2. The second-order valence-corrected chi connectivity index (χ2v) is 4.50. The number of rotatable bonds is 6. The molecular formula is C12H16ClN5O. The summed E-state index contributed by atoms with van der Waals surface area (Å²) in [5, 5.41) is 6.19. The molecule has 7 heteroatoms. The normalized spacial score (nSPS) is 12.2. The first kappa shape index (κ1) is 13.6. The second kappa shape index (κ2) is 6.38. The number of hydrogen-bond acceptors (Lipinski definition) is 6. The molecular weight excluding hydrogens is 266 g/mol. The van der Waals surface area contributed by atoms with Crippen molar-refractivity contribution in [1.29, 1.82) is 0 Å². The summed E-state index contributed by atoms with van der Waals surface area (Å²) in [5.74, 6) is 1.88. The highest BCUT2D eigenvalue weighted by molar-refractivity contribution is 6.28. The molecule has 0 bridgehead atoms. The van der Waals surface area contributed by atoms with Crippen molar-refractivity contribution in [3.8, 4) is 0 Å². The monoisotopic (exact) mass is 281 g/mol. The van der Waals surface area contributed by atoms with Crippen molar-refractivity contribution in [2.45, 2.75) is 25.8 Å². The Balaban J connectivity index is 1.91. The molecule has 0 spiro atoms. The van der Waals surface area contributed by atoms with Crippen LogP contribution in [-0.4, -0.2) is 28.0 Å². The summed E-state index contributed by atoms with van der Waals surface area (Å²) in [6.07, 6.45) is 3.45. The molecule has 0 aliphatic carbocycles. The van der Waals surface area contributed by atoms with E-state index in [0.717, 1.165) is 18.6 Å². The Hall–Kier alpha value is -1.82. The van der Waals surface area contributed by atoms with Gasteiger partial charge in [0, 0.05) is 19.5 Å². The number of hydrogen-bond donors (Lipinski definition) is 2. The minimum Gasteiger partial charge on any atom is -0.469 e. The molecule has 6 nitrogen and oxygen atoms in total. The van der Waals surface area contributed by atoms with Gasteiger partial charge in [0.1, 0.15) is 5.76 Å². The van der Waals surface area contributed by atoms with E-state index in [1.165, 1.54) is 0 Å². The van der Waals surface area contributed by atoms with Crippen LogP contribution in [0.3, 0.4) is 0 Å². The summed E-state index contributed by atoms with van der Waals surface area (Å²) in [7, 11) is 1.73. The molecule has 102 valence electrons. The van der Waals surface area contributed by atoms with E-state index in [4.69, 9.17) is 16.0 Å². The van der Waals surface area contributed by atoms with Crippen LogP contribution < -0.4 is 10.6 Å². The number of furan rings is 1. The largest absolute Gasteiger partial charge is 0.469 e. The third kappa shape index (κ3) is 4.10. The van der Waals surface area contributed by atoms with Crippen LogP contribution in [0, 0.1) is 0 Å². The first-order valence-corrected chi connectivity index (χ1v) is 6.43. The van der Waals surface area contributed by atoms with Crippen LogP contribution in [0.15, 0.2) is 22.8 Å². The summed E-state index contributed by atoms with van der Waals surface area (Å²) >= 11 is 5.81. The molecule has 0 aliphatic rings. The van der Waals surface area contributed by atoms with E-state index >= 15 is 0 Å². The third-order valence-electron chi connectivity index (χ3n) is 2.61. The zero-order valence-corrected chi connectivity index (χ0v) is 11.6. The maximum Gasteiger partial charge on any atom is 0.229 e. The van der Waals surface area contributed by atoms with E-state index in [9.17, 15) is 0 Å². The molecule has 2 aromatic rings. The molecule has 2 heterocycles. The Morgan fingerprint density at radius 1 is 1.32 bits per heavy atom. The van der Waals surface area contributed by atoms with Crippen LogP contribution >= 0.6 is 11.6 Å². The standard InChI is InChI=1S/C12H16ClN5O/c1-8(5-6-9-4-3-7-19-9)15-12-17-10(13)16-11(14-2)18-12/h3-4,7-8H,5-6H2,1-2H3,(H2,14,15,16,17,18). The highest BCUT2D eigenvalue weighted by Gasteiger charge is 2.08. The molecule has 0 saturated carbocycles. The zero-order chi connectivity index (χ0) is 13.7. The fourth-order valence-electron chi connectivity index (χ4n) is 1.63. The van der Waals surface area contributed by atoms with Gasteiger partial charge in [-0.2, -0.15) is 15.0 Å². The molecule has 0 saturated heterocycles. The van der Waals surface area contributed by atoms with Gasteiger partial charge in [0.2, 0.25) is 17.2 Å². The maximum atomic E-state index is 5.81. The highest BCUT2D eigenvalue weighted by atomic mass is 35.5. The van der Waals surface area contributed by atoms with Gasteiger partial charge in [0.25, 0.3) is 0 Å². The van der Waals surface area contributed by atoms with Crippen molar-refractivity contribution in [3.05, 3.63) is 29.4 Å². The Kier molecular flexibility index (Phi) is 4.57. The topological polar surface area (TPSA) is 75.9 Å². The maximum absolute atomic E-state index is 5.81. The van der Waals surface area contributed by atoms with E-state index in [1.807, 2.05) is 12.1 Å². The fourth-order valence-corrected chi connectivity index (χ4v) is 1.79. The zero-order valence-electron chi connectivity index (χ0n) is 10.9. The van der Waals surface area contributed by atoms with E-state index in [2.05, 4.69) is 32.5 Å². The molecule has 0 radical (unpaired) electrons. The summed E-state index contributed by atoms with van der Waals surface area (Å²) in [6, 6.07) is 4.05. The van der Waals surface area contributed by atoms with Gasteiger partial charge >= 0.3 is 0 Å². The lowest BCUT2D eigenvalue weighted by Crippen LogP contribution is -2.18. The fraction of sp³-hybridized carbons (Fsp3) is 0.417. The molecule has 19 heavy (non-hydrogen) atoms. The highest BCUT2D eigenvalue weighted by Crippen LogP contribution is 2.12. The Bertz CT molecular complexity index is 517. The van der Waals surface area contributed by atoms with Crippen LogP contribution in [0.25, 0.3) is 0 Å². The minimum atomic E-state index is 0.167. The Morgan fingerprint density at radius 3 is 2.79 bits per heavy atom. The molecule has 0 aliphatic heterocycles. The van der Waals surface area contributed by atoms with Gasteiger partial charge < -0.3 is 15.1 Å². The molecule has 0 fully saturated rings. The minimum absolute atomic E-state index is 0.167. The van der Waals surface area contributed by atoms with Gasteiger partial charge in [-0.1, -0.05) is 0 Å². The smallest absolute Gasteiger partial charge is 0.229 e. The van der Waals surface area contributed by atoms with Crippen molar-refractivity contribution in [1.82, 2.24) is 15.0 Å². The van der Waals surface area contributed by atoms with Crippen LogP contribution in [0.1, 0.15) is 19.1 Å². The van der Waals surface area contributed by atoms with Crippen molar-refractivity contribution in [2.24, 2.45) is 0 Å². The second-order valence-electron chi connectivity index (χ2n) is 4.17. The predicted molar refractivity (Wildman–Crippen MR) is 74.5 cm³/mol. The van der Waals surface area contributed by atoms with E-state index in [0.29, 0.717) is 11.9 Å². The van der Waals surface area contributed by atoms with Crippen LogP contribution in [0.4, 0.5) is 11.9 Å². The van der Waals surface area contributed by atoms with Crippen LogP contribution in [0.5, 0.6) is 0 Å². The van der Waals surface area contributed by atoms with Crippen molar-refractivity contribution >= 4 is 23.5 Å². The number of aryl methyl sites for hydroxylation is 1. The first-order chi connectivity index (χ1) is 9.17. The number of halogens is 1. The molecule has 1 unspecified atom stereocenters. The SMILES string of the molecule is CNc1nc(Cl)nc(NC(C)CCc2ccco2)n1. The van der Waals surface area contributed by atoms with Crippen LogP contribution in [0.2, 0.25) is 5.28 Å². The summed E-state index contributed by atoms with van der Waals surface area (Å²) in [5.41, 5.74) is 0. The molecule has 2 aromatic heterocycles. The molecule has 0 amide bonds. The van der Waals surface area contributed by atoms with E-state index in [-0.39, 0.29) is 11.3 Å². The quantitative estimate of drug-likeness (QED) is 0.848. The molecule has 1 atom stereocenters. The Morgan fingerprint density at radius 2 is 2.11 bits per heavy atom. The lowest BCUT2D eigenvalue weighted by Gasteiger charge is -2.13.